The van der Waals surface area contributed by atoms with Gasteiger partial charge in [0.05, 0.1) is 18.6 Å². The van der Waals surface area contributed by atoms with Gasteiger partial charge in [0.25, 0.3) is 0 Å². The highest BCUT2D eigenvalue weighted by Gasteiger charge is 2.27. The summed E-state index contributed by atoms with van der Waals surface area (Å²) in [7, 11) is 0. The van der Waals surface area contributed by atoms with E-state index in [1.165, 1.54) is 0 Å². The molecule has 1 aromatic carbocycles. The van der Waals surface area contributed by atoms with Crippen molar-refractivity contribution in [3.8, 4) is 0 Å². The topological polar surface area (TPSA) is 84.9 Å². The molecule has 2 N–H and O–H groups in total. The van der Waals surface area contributed by atoms with Gasteiger partial charge in [0, 0.05) is 0 Å². The number of alkyl carbamates (subject to hydrolysis) is 1. The highest BCUT2D eigenvalue weighted by atomic mass is 16.6. The molecule has 0 saturated carbocycles. The molecule has 0 aliphatic carbocycles. The van der Waals surface area contributed by atoms with Crippen LogP contribution < -0.4 is 5.32 Å². The van der Waals surface area contributed by atoms with Crippen molar-refractivity contribution in [3.05, 3.63) is 35.9 Å². The van der Waals surface area contributed by atoms with Crippen LogP contribution in [-0.4, -0.2) is 34.9 Å². The van der Waals surface area contributed by atoms with Gasteiger partial charge < -0.3 is 19.9 Å². The standard InChI is InChI=1S/C20H31NO5/c1-14(2)11-16(21-19(24)26-20(3,4)5)17(22)12-18(23)25-13-15-9-7-6-8-10-15/h6-10,14,16-17,22H,11-13H2,1-5H3,(H,21,24)/t16-,17-/m0/s1. The summed E-state index contributed by atoms with van der Waals surface area (Å²) in [6, 6.07) is 8.73. The van der Waals surface area contributed by atoms with Gasteiger partial charge in [-0.15, -0.1) is 0 Å². The van der Waals surface area contributed by atoms with Crippen LogP contribution in [0.25, 0.3) is 0 Å². The van der Waals surface area contributed by atoms with E-state index in [0.717, 1.165) is 5.56 Å². The molecule has 1 amide bonds. The van der Waals surface area contributed by atoms with Crippen LogP contribution in [0.4, 0.5) is 4.79 Å². The Labute approximate surface area is 155 Å². The lowest BCUT2D eigenvalue weighted by Crippen LogP contribution is -2.46. The third kappa shape index (κ3) is 9.42. The summed E-state index contributed by atoms with van der Waals surface area (Å²) in [5, 5.41) is 13.1. The summed E-state index contributed by atoms with van der Waals surface area (Å²) in [4.78, 5) is 24.0. The molecule has 0 heterocycles. The van der Waals surface area contributed by atoms with Gasteiger partial charge in [-0.2, -0.15) is 0 Å². The first-order valence-electron chi connectivity index (χ1n) is 8.94. The first-order valence-corrected chi connectivity index (χ1v) is 8.94. The number of aliphatic hydroxyl groups is 1. The summed E-state index contributed by atoms with van der Waals surface area (Å²) >= 11 is 0. The molecular formula is C20H31NO5. The van der Waals surface area contributed by atoms with E-state index in [1.54, 1.807) is 20.8 Å². The van der Waals surface area contributed by atoms with Crippen LogP contribution in [0.5, 0.6) is 0 Å². The average Bonchev–Trinajstić information content (AvgIpc) is 2.51. The van der Waals surface area contributed by atoms with E-state index in [9.17, 15) is 14.7 Å². The molecule has 1 rings (SSSR count). The Balaban J connectivity index is 2.57. The lowest BCUT2D eigenvalue weighted by atomic mass is 9.97. The molecule has 0 aliphatic rings. The fourth-order valence-electron chi connectivity index (χ4n) is 2.39. The second-order valence-corrected chi connectivity index (χ2v) is 7.80. The van der Waals surface area contributed by atoms with Crippen molar-refractivity contribution in [1.82, 2.24) is 5.32 Å². The van der Waals surface area contributed by atoms with Crippen molar-refractivity contribution < 1.29 is 24.2 Å². The number of esters is 1. The van der Waals surface area contributed by atoms with Crippen molar-refractivity contribution in [2.24, 2.45) is 5.92 Å². The minimum atomic E-state index is -1.05. The molecule has 26 heavy (non-hydrogen) atoms. The number of hydrogen-bond acceptors (Lipinski definition) is 5. The maximum absolute atomic E-state index is 12.0. The van der Waals surface area contributed by atoms with E-state index in [-0.39, 0.29) is 18.9 Å². The Bertz CT molecular complexity index is 565. The quantitative estimate of drug-likeness (QED) is 0.690. The summed E-state index contributed by atoms with van der Waals surface area (Å²) in [5.74, 6) is -0.286. The van der Waals surface area contributed by atoms with Crippen LogP contribution in [0.1, 0.15) is 53.0 Å². The number of rotatable bonds is 8. The fourth-order valence-corrected chi connectivity index (χ4v) is 2.39. The molecule has 0 spiro atoms. The van der Waals surface area contributed by atoms with Crippen LogP contribution >= 0.6 is 0 Å². The normalized spacial score (nSPS) is 13.8. The molecule has 0 fully saturated rings. The van der Waals surface area contributed by atoms with Gasteiger partial charge in [-0.1, -0.05) is 44.2 Å². The molecule has 0 radical (unpaired) electrons. The molecule has 0 aromatic heterocycles. The van der Waals surface area contributed by atoms with E-state index >= 15 is 0 Å². The summed E-state index contributed by atoms with van der Waals surface area (Å²) in [5.41, 5.74) is 0.243. The average molecular weight is 365 g/mol. The third-order valence-electron chi connectivity index (χ3n) is 3.51. The van der Waals surface area contributed by atoms with E-state index in [2.05, 4.69) is 5.32 Å². The molecule has 6 heteroatoms. The maximum Gasteiger partial charge on any atom is 0.407 e. The number of hydrogen-bond donors (Lipinski definition) is 2. The second-order valence-electron chi connectivity index (χ2n) is 7.80. The zero-order chi connectivity index (χ0) is 19.7. The number of nitrogens with one attached hydrogen (secondary N) is 1. The van der Waals surface area contributed by atoms with Gasteiger partial charge in [0.1, 0.15) is 12.2 Å². The Morgan fingerprint density at radius 3 is 2.31 bits per heavy atom. The monoisotopic (exact) mass is 365 g/mol. The molecule has 146 valence electrons. The zero-order valence-electron chi connectivity index (χ0n) is 16.3. The van der Waals surface area contributed by atoms with Crippen molar-refractivity contribution in [2.45, 2.75) is 71.8 Å². The number of carbonyl (C=O) groups excluding carboxylic acids is 2. The molecule has 0 aliphatic heterocycles. The predicted molar refractivity (Wildman–Crippen MR) is 99.5 cm³/mol. The van der Waals surface area contributed by atoms with E-state index in [4.69, 9.17) is 9.47 Å². The van der Waals surface area contributed by atoms with Crippen molar-refractivity contribution in [2.75, 3.05) is 0 Å². The van der Waals surface area contributed by atoms with Crippen molar-refractivity contribution >= 4 is 12.1 Å². The second kappa shape index (κ2) is 10.2. The van der Waals surface area contributed by atoms with Gasteiger partial charge in [-0.25, -0.2) is 4.79 Å². The van der Waals surface area contributed by atoms with E-state index in [1.807, 2.05) is 44.2 Å². The number of aliphatic hydroxyl groups excluding tert-OH is 1. The van der Waals surface area contributed by atoms with Gasteiger partial charge >= 0.3 is 12.1 Å². The van der Waals surface area contributed by atoms with E-state index in [0.29, 0.717) is 6.42 Å². The SMILES string of the molecule is CC(C)C[C@H](NC(=O)OC(C)(C)C)[C@@H](O)CC(=O)OCc1ccccc1. The molecule has 6 nitrogen and oxygen atoms in total. The van der Waals surface area contributed by atoms with E-state index < -0.39 is 29.8 Å². The van der Waals surface area contributed by atoms with Gasteiger partial charge in [0.15, 0.2) is 0 Å². The lowest BCUT2D eigenvalue weighted by Gasteiger charge is -2.27. The van der Waals surface area contributed by atoms with Crippen molar-refractivity contribution in [3.63, 3.8) is 0 Å². The number of benzene rings is 1. The Morgan fingerprint density at radius 2 is 1.77 bits per heavy atom. The molecule has 2 atom stereocenters. The first-order chi connectivity index (χ1) is 12.1. The molecule has 0 saturated heterocycles. The molecule has 0 unspecified atom stereocenters. The third-order valence-corrected chi connectivity index (χ3v) is 3.51. The van der Waals surface area contributed by atoms with Crippen LogP contribution in [0.3, 0.4) is 0 Å². The van der Waals surface area contributed by atoms with Gasteiger partial charge in [0.2, 0.25) is 0 Å². The number of ether oxygens (including phenoxy) is 2. The zero-order valence-corrected chi connectivity index (χ0v) is 16.3. The summed E-state index contributed by atoms with van der Waals surface area (Å²) < 4.78 is 10.4. The summed E-state index contributed by atoms with van der Waals surface area (Å²) in [6.07, 6.45) is -1.33. The van der Waals surface area contributed by atoms with Crippen LogP contribution in [-0.2, 0) is 20.9 Å². The number of carbonyl (C=O) groups is 2. The highest BCUT2D eigenvalue weighted by molar-refractivity contribution is 5.71. The number of amides is 1. The van der Waals surface area contributed by atoms with Gasteiger partial charge in [-0.3, -0.25) is 4.79 Å². The molecule has 0 bridgehead atoms. The minimum absolute atomic E-state index is 0.154. The predicted octanol–water partition coefficient (Wildman–Crippen LogP) is 3.42. The van der Waals surface area contributed by atoms with Gasteiger partial charge in [-0.05, 0) is 38.7 Å². The summed E-state index contributed by atoms with van der Waals surface area (Å²) in [6.45, 7) is 9.40. The molecular weight excluding hydrogens is 334 g/mol. The first kappa shape index (κ1) is 22.0. The van der Waals surface area contributed by atoms with Crippen LogP contribution in [0, 0.1) is 5.92 Å². The van der Waals surface area contributed by atoms with Crippen LogP contribution in [0.15, 0.2) is 30.3 Å². The smallest absolute Gasteiger partial charge is 0.407 e. The highest BCUT2D eigenvalue weighted by Crippen LogP contribution is 2.14. The Kier molecular flexibility index (Phi) is 8.58. The Hall–Kier alpha value is -2.08. The van der Waals surface area contributed by atoms with Crippen LogP contribution in [0.2, 0.25) is 0 Å². The fraction of sp³-hybridized carbons (Fsp3) is 0.600. The largest absolute Gasteiger partial charge is 0.461 e. The molecule has 1 aromatic rings. The minimum Gasteiger partial charge on any atom is -0.461 e. The lowest BCUT2D eigenvalue weighted by molar-refractivity contribution is -0.147. The Morgan fingerprint density at radius 1 is 1.15 bits per heavy atom. The maximum atomic E-state index is 12.0. The van der Waals surface area contributed by atoms with Crippen molar-refractivity contribution in [1.29, 1.82) is 0 Å².